The fourth-order valence-corrected chi connectivity index (χ4v) is 5.61. The fourth-order valence-electron chi connectivity index (χ4n) is 2.43. The lowest BCUT2D eigenvalue weighted by Gasteiger charge is -2.13. The summed E-state index contributed by atoms with van der Waals surface area (Å²) in [5, 5.41) is 2.34. The summed E-state index contributed by atoms with van der Waals surface area (Å²) in [6, 6.07) is 14.3. The maximum absolute atomic E-state index is 12.8. The molecule has 0 aliphatic carbocycles. The maximum atomic E-state index is 12.8. The molecule has 2 aromatic carbocycles. The molecule has 0 fully saturated rings. The number of hydrogen-bond donors (Lipinski definition) is 1. The van der Waals surface area contributed by atoms with Crippen molar-refractivity contribution in [3.63, 3.8) is 0 Å². The Morgan fingerprint density at radius 3 is 2.42 bits per heavy atom. The highest BCUT2D eigenvalue weighted by atomic mass is 35.5. The Labute approximate surface area is 154 Å². The highest BCUT2D eigenvalue weighted by molar-refractivity contribution is 7.93. The highest BCUT2D eigenvalue weighted by Crippen LogP contribution is 2.36. The zero-order valence-corrected chi connectivity index (χ0v) is 15.7. The zero-order chi connectivity index (χ0) is 17.3. The lowest BCUT2D eigenvalue weighted by molar-refractivity contribution is 0.600. The summed E-state index contributed by atoms with van der Waals surface area (Å²) in [7, 11) is -3.83. The van der Waals surface area contributed by atoms with E-state index in [2.05, 4.69) is 4.72 Å². The van der Waals surface area contributed by atoms with Crippen LogP contribution in [0.5, 0.6) is 0 Å². The van der Waals surface area contributed by atoms with E-state index in [1.54, 1.807) is 19.1 Å². The van der Waals surface area contributed by atoms with Gasteiger partial charge < -0.3 is 0 Å². The molecule has 1 N–H and O–H groups in total. The largest absolute Gasteiger partial charge is 0.278 e. The summed E-state index contributed by atoms with van der Waals surface area (Å²) in [6.07, 6.45) is 0. The molecule has 0 saturated heterocycles. The van der Waals surface area contributed by atoms with Crippen molar-refractivity contribution in [3.05, 3.63) is 69.5 Å². The predicted octanol–water partition coefficient (Wildman–Crippen LogP) is 5.83. The van der Waals surface area contributed by atoms with Crippen molar-refractivity contribution in [3.8, 4) is 10.4 Å². The second kappa shape index (κ2) is 6.76. The highest BCUT2D eigenvalue weighted by Gasteiger charge is 2.23. The molecule has 3 nitrogen and oxygen atoms in total. The number of benzene rings is 2. The zero-order valence-electron chi connectivity index (χ0n) is 12.6. The van der Waals surface area contributed by atoms with Crippen LogP contribution in [0.15, 0.2) is 58.8 Å². The van der Waals surface area contributed by atoms with Crippen LogP contribution in [0.2, 0.25) is 10.0 Å². The molecule has 0 atom stereocenters. The topological polar surface area (TPSA) is 46.2 Å². The van der Waals surface area contributed by atoms with E-state index in [0.29, 0.717) is 16.3 Å². The molecule has 0 amide bonds. The van der Waals surface area contributed by atoms with Crippen molar-refractivity contribution in [2.45, 2.75) is 11.8 Å². The third kappa shape index (κ3) is 3.44. The van der Waals surface area contributed by atoms with Gasteiger partial charge >= 0.3 is 0 Å². The molecule has 1 heterocycles. The number of hydrogen-bond acceptors (Lipinski definition) is 3. The molecular weight excluding hydrogens is 385 g/mol. The summed E-state index contributed by atoms with van der Waals surface area (Å²) in [5.74, 6) is 0. The Morgan fingerprint density at radius 1 is 1.04 bits per heavy atom. The van der Waals surface area contributed by atoms with Crippen LogP contribution in [0.3, 0.4) is 0 Å². The molecule has 0 spiro atoms. The van der Waals surface area contributed by atoms with Gasteiger partial charge in [-0.3, -0.25) is 4.72 Å². The fraction of sp³-hybridized carbons (Fsp3) is 0.0588. The molecule has 0 aliphatic rings. The number of anilines is 1. The second-order valence-corrected chi connectivity index (χ2v) is 8.55. The minimum Gasteiger partial charge on any atom is -0.278 e. The summed E-state index contributed by atoms with van der Waals surface area (Å²) < 4.78 is 28.2. The van der Waals surface area contributed by atoms with Gasteiger partial charge in [0.05, 0.1) is 15.6 Å². The number of halogens is 2. The molecule has 3 aromatic rings. The van der Waals surface area contributed by atoms with Crippen molar-refractivity contribution in [2.75, 3.05) is 4.72 Å². The van der Waals surface area contributed by atoms with Gasteiger partial charge in [-0.05, 0) is 41.6 Å². The Balaban J connectivity index is 2.02. The van der Waals surface area contributed by atoms with Crippen LogP contribution in [-0.4, -0.2) is 8.42 Å². The van der Waals surface area contributed by atoms with E-state index in [0.717, 1.165) is 10.4 Å². The standard InChI is InChI=1S/C17H13Cl2NO2S2/c1-11-9-13(18)10-14(19)17(11)24(21,22)20-15-7-8-23-16(15)12-5-3-2-4-6-12/h2-10,20H,1H3. The average molecular weight is 398 g/mol. The molecule has 0 aliphatic heterocycles. The Kier molecular flexibility index (Phi) is 4.88. The minimum atomic E-state index is -3.83. The van der Waals surface area contributed by atoms with Gasteiger partial charge in [-0.2, -0.15) is 0 Å². The molecule has 0 saturated carbocycles. The van der Waals surface area contributed by atoms with Crippen LogP contribution >= 0.6 is 34.5 Å². The van der Waals surface area contributed by atoms with Gasteiger partial charge in [0.15, 0.2) is 0 Å². The molecule has 3 rings (SSSR count). The predicted molar refractivity (Wildman–Crippen MR) is 102 cm³/mol. The van der Waals surface area contributed by atoms with Gasteiger partial charge in [-0.25, -0.2) is 8.42 Å². The van der Waals surface area contributed by atoms with Crippen LogP contribution in [0, 0.1) is 6.92 Å². The first-order chi connectivity index (χ1) is 11.4. The van der Waals surface area contributed by atoms with Crippen LogP contribution in [0.25, 0.3) is 10.4 Å². The van der Waals surface area contributed by atoms with E-state index in [4.69, 9.17) is 23.2 Å². The van der Waals surface area contributed by atoms with E-state index in [1.165, 1.54) is 17.4 Å². The molecule has 1 aromatic heterocycles. The SMILES string of the molecule is Cc1cc(Cl)cc(Cl)c1S(=O)(=O)Nc1ccsc1-c1ccccc1. The van der Waals surface area contributed by atoms with Gasteiger partial charge in [0.1, 0.15) is 4.90 Å². The monoisotopic (exact) mass is 397 g/mol. The van der Waals surface area contributed by atoms with E-state index < -0.39 is 10.0 Å². The van der Waals surface area contributed by atoms with E-state index in [9.17, 15) is 8.42 Å². The van der Waals surface area contributed by atoms with Crippen molar-refractivity contribution in [2.24, 2.45) is 0 Å². The number of thiophene rings is 1. The van der Waals surface area contributed by atoms with Crippen molar-refractivity contribution < 1.29 is 8.42 Å². The maximum Gasteiger partial charge on any atom is 0.263 e. The van der Waals surface area contributed by atoms with E-state index in [1.807, 2.05) is 35.7 Å². The van der Waals surface area contributed by atoms with Crippen molar-refractivity contribution >= 4 is 50.2 Å². The average Bonchev–Trinajstić information content (AvgIpc) is 2.94. The third-order valence-corrected chi connectivity index (χ3v) is 6.57. The van der Waals surface area contributed by atoms with E-state index >= 15 is 0 Å². The first-order valence-corrected chi connectivity index (χ1v) is 10.1. The van der Waals surface area contributed by atoms with Gasteiger partial charge in [0, 0.05) is 5.02 Å². The third-order valence-electron chi connectivity index (χ3n) is 3.41. The van der Waals surface area contributed by atoms with Gasteiger partial charge in [0.25, 0.3) is 10.0 Å². The lowest BCUT2D eigenvalue weighted by atomic mass is 10.2. The molecule has 0 bridgehead atoms. The Hall–Kier alpha value is -1.53. The van der Waals surface area contributed by atoms with Gasteiger partial charge in [-0.15, -0.1) is 11.3 Å². The number of sulfonamides is 1. The first kappa shape index (κ1) is 17.3. The second-order valence-electron chi connectivity index (χ2n) is 5.17. The Bertz CT molecular complexity index is 960. The Morgan fingerprint density at radius 2 is 1.75 bits per heavy atom. The number of aryl methyl sites for hydroxylation is 1. The molecule has 7 heteroatoms. The van der Waals surface area contributed by atoms with Crippen LogP contribution < -0.4 is 4.72 Å². The smallest absolute Gasteiger partial charge is 0.263 e. The van der Waals surface area contributed by atoms with Gasteiger partial charge in [0.2, 0.25) is 0 Å². The molecular formula is C17H13Cl2NO2S2. The van der Waals surface area contributed by atoms with E-state index in [-0.39, 0.29) is 9.92 Å². The summed E-state index contributed by atoms with van der Waals surface area (Å²) in [5.41, 5.74) is 1.97. The minimum absolute atomic E-state index is 0.0405. The molecule has 24 heavy (non-hydrogen) atoms. The van der Waals surface area contributed by atoms with Crippen molar-refractivity contribution in [1.82, 2.24) is 0 Å². The lowest BCUT2D eigenvalue weighted by Crippen LogP contribution is -2.15. The summed E-state index contributed by atoms with van der Waals surface area (Å²) in [4.78, 5) is 0.890. The van der Waals surface area contributed by atoms with Gasteiger partial charge in [-0.1, -0.05) is 53.5 Å². The first-order valence-electron chi connectivity index (χ1n) is 7.00. The summed E-state index contributed by atoms with van der Waals surface area (Å²) in [6.45, 7) is 1.66. The summed E-state index contributed by atoms with van der Waals surface area (Å²) >= 11 is 13.5. The van der Waals surface area contributed by atoms with Crippen molar-refractivity contribution in [1.29, 1.82) is 0 Å². The molecule has 124 valence electrons. The normalized spacial score (nSPS) is 11.5. The molecule has 0 unspecified atom stereocenters. The number of nitrogens with one attached hydrogen (secondary N) is 1. The van der Waals surface area contributed by atoms with Crippen LogP contribution in [0.4, 0.5) is 5.69 Å². The molecule has 0 radical (unpaired) electrons. The van der Waals surface area contributed by atoms with Crippen LogP contribution in [0.1, 0.15) is 5.56 Å². The van der Waals surface area contributed by atoms with Crippen LogP contribution in [-0.2, 0) is 10.0 Å². The number of rotatable bonds is 4. The quantitative estimate of drug-likeness (QED) is 0.601.